The molecule has 1 aromatic carbocycles. The molecule has 2 N–H and O–H groups in total. The first kappa shape index (κ1) is 12.3. The molecule has 0 aliphatic rings. The lowest BCUT2D eigenvalue weighted by molar-refractivity contribution is -0.113. The number of hydrogen-bond donors (Lipinski definition) is 1. The Morgan fingerprint density at radius 1 is 1.38 bits per heavy atom. The van der Waals surface area contributed by atoms with Crippen LogP contribution in [-0.2, 0) is 4.79 Å². The molecule has 0 aliphatic carbocycles. The maximum Gasteiger partial charge on any atom is 0.241 e. The molecule has 0 heterocycles. The van der Waals surface area contributed by atoms with Crippen LogP contribution in [0.15, 0.2) is 30.4 Å². The van der Waals surface area contributed by atoms with Crippen molar-refractivity contribution in [1.82, 2.24) is 0 Å². The predicted octanol–water partition coefficient (Wildman–Crippen LogP) is 1.57. The van der Waals surface area contributed by atoms with Crippen molar-refractivity contribution in [3.05, 3.63) is 40.9 Å². The van der Waals surface area contributed by atoms with Crippen molar-refractivity contribution in [2.24, 2.45) is 5.73 Å². The summed E-state index contributed by atoms with van der Waals surface area (Å²) >= 11 is 5.87. The molecule has 1 rings (SSSR count). The van der Waals surface area contributed by atoms with Crippen LogP contribution in [0.25, 0.3) is 0 Å². The molecule has 0 radical (unpaired) electrons. The Morgan fingerprint density at radius 3 is 2.56 bits per heavy atom. The van der Waals surface area contributed by atoms with E-state index in [2.05, 4.69) is 0 Å². The van der Waals surface area contributed by atoms with Gasteiger partial charge in [-0.25, -0.2) is 0 Å². The van der Waals surface area contributed by atoms with Gasteiger partial charge in [-0.2, -0.15) is 0 Å². The number of carbonyl (C=O) groups is 2. The van der Waals surface area contributed by atoms with Crippen LogP contribution in [0.4, 0.5) is 0 Å². The lowest BCUT2D eigenvalue weighted by atomic mass is 10.1. The van der Waals surface area contributed by atoms with Crippen molar-refractivity contribution < 1.29 is 14.3 Å². The van der Waals surface area contributed by atoms with E-state index in [1.54, 1.807) is 6.07 Å². The molecular formula is C11H10ClNO3. The van der Waals surface area contributed by atoms with Gasteiger partial charge >= 0.3 is 0 Å². The van der Waals surface area contributed by atoms with E-state index in [0.717, 1.165) is 12.2 Å². The maximum absolute atomic E-state index is 11.5. The molecule has 0 aromatic heterocycles. The molecule has 0 saturated heterocycles. The highest BCUT2D eigenvalue weighted by Gasteiger charge is 2.08. The van der Waals surface area contributed by atoms with Crippen molar-refractivity contribution in [1.29, 1.82) is 0 Å². The fourth-order valence-electron chi connectivity index (χ4n) is 1.07. The van der Waals surface area contributed by atoms with Crippen LogP contribution in [0.3, 0.4) is 0 Å². The quantitative estimate of drug-likeness (QED) is 0.641. The topological polar surface area (TPSA) is 69.4 Å². The van der Waals surface area contributed by atoms with Crippen molar-refractivity contribution >= 4 is 23.3 Å². The highest BCUT2D eigenvalue weighted by Crippen LogP contribution is 2.22. The lowest BCUT2D eigenvalue weighted by Crippen LogP contribution is -2.07. The third-order valence-corrected chi connectivity index (χ3v) is 2.15. The van der Waals surface area contributed by atoms with Gasteiger partial charge in [0.25, 0.3) is 0 Å². The number of ketones is 1. The van der Waals surface area contributed by atoms with Gasteiger partial charge in [0.2, 0.25) is 5.91 Å². The van der Waals surface area contributed by atoms with Gasteiger partial charge in [-0.05, 0) is 24.3 Å². The number of ether oxygens (including phenoxy) is 1. The Labute approximate surface area is 97.6 Å². The second kappa shape index (κ2) is 5.32. The van der Waals surface area contributed by atoms with Crippen LogP contribution in [0, 0.1) is 0 Å². The van der Waals surface area contributed by atoms with Gasteiger partial charge in [0.15, 0.2) is 5.78 Å². The van der Waals surface area contributed by atoms with Crippen molar-refractivity contribution in [3.8, 4) is 5.75 Å². The summed E-state index contributed by atoms with van der Waals surface area (Å²) in [5, 5.41) is 0.262. The van der Waals surface area contributed by atoms with Crippen LogP contribution in [0.2, 0.25) is 5.02 Å². The number of rotatable bonds is 4. The molecular weight excluding hydrogens is 230 g/mol. The zero-order chi connectivity index (χ0) is 12.1. The zero-order valence-corrected chi connectivity index (χ0v) is 9.32. The Hall–Kier alpha value is -1.81. The van der Waals surface area contributed by atoms with Crippen molar-refractivity contribution in [3.63, 3.8) is 0 Å². The molecule has 16 heavy (non-hydrogen) atoms. The number of primary amides is 1. The van der Waals surface area contributed by atoms with Gasteiger partial charge in [0.1, 0.15) is 5.75 Å². The average Bonchev–Trinajstić information content (AvgIpc) is 2.25. The third kappa shape index (κ3) is 3.10. The summed E-state index contributed by atoms with van der Waals surface area (Å²) in [6, 6.07) is 4.65. The summed E-state index contributed by atoms with van der Waals surface area (Å²) in [6.07, 6.45) is 2.07. The van der Waals surface area contributed by atoms with Gasteiger partial charge in [0, 0.05) is 11.6 Å². The maximum atomic E-state index is 11.5. The molecule has 0 atom stereocenters. The summed E-state index contributed by atoms with van der Waals surface area (Å²) < 4.78 is 4.94. The fraction of sp³-hybridized carbons (Fsp3) is 0.0909. The minimum absolute atomic E-state index is 0.262. The minimum Gasteiger partial charge on any atom is -0.497 e. The van der Waals surface area contributed by atoms with Gasteiger partial charge in [-0.15, -0.1) is 0 Å². The van der Waals surface area contributed by atoms with E-state index in [9.17, 15) is 9.59 Å². The van der Waals surface area contributed by atoms with Crippen molar-refractivity contribution in [2.45, 2.75) is 0 Å². The first-order chi connectivity index (χ1) is 7.54. The fourth-order valence-corrected chi connectivity index (χ4v) is 1.33. The molecule has 0 bridgehead atoms. The number of methoxy groups -OCH3 is 1. The monoisotopic (exact) mass is 239 g/mol. The zero-order valence-electron chi connectivity index (χ0n) is 8.57. The summed E-state index contributed by atoms with van der Waals surface area (Å²) in [7, 11) is 1.50. The van der Waals surface area contributed by atoms with E-state index in [-0.39, 0.29) is 10.8 Å². The Kier molecular flexibility index (Phi) is 4.08. The molecule has 0 spiro atoms. The first-order valence-electron chi connectivity index (χ1n) is 4.40. The number of benzene rings is 1. The molecule has 5 heteroatoms. The molecule has 1 aromatic rings. The van der Waals surface area contributed by atoms with Crippen LogP contribution in [-0.4, -0.2) is 18.8 Å². The van der Waals surface area contributed by atoms with Crippen molar-refractivity contribution in [2.75, 3.05) is 7.11 Å². The lowest BCUT2D eigenvalue weighted by Gasteiger charge is -2.03. The van der Waals surface area contributed by atoms with E-state index in [0.29, 0.717) is 11.3 Å². The van der Waals surface area contributed by atoms with E-state index in [1.807, 2.05) is 0 Å². The summed E-state index contributed by atoms with van der Waals surface area (Å²) in [4.78, 5) is 22.0. The number of halogens is 1. The number of allylic oxidation sites excluding steroid dienone is 1. The molecule has 0 aliphatic heterocycles. The van der Waals surface area contributed by atoms with Gasteiger partial charge < -0.3 is 10.5 Å². The molecule has 4 nitrogen and oxygen atoms in total. The van der Waals surface area contributed by atoms with Crippen LogP contribution in [0.1, 0.15) is 10.4 Å². The van der Waals surface area contributed by atoms with E-state index in [4.69, 9.17) is 22.1 Å². The molecule has 0 fully saturated rings. The average molecular weight is 240 g/mol. The van der Waals surface area contributed by atoms with Gasteiger partial charge in [-0.3, -0.25) is 9.59 Å². The highest BCUT2D eigenvalue weighted by molar-refractivity contribution is 6.34. The van der Waals surface area contributed by atoms with Crippen LogP contribution < -0.4 is 10.5 Å². The Balaban J connectivity index is 2.96. The molecule has 0 unspecified atom stereocenters. The SMILES string of the molecule is COc1ccc(C(=O)/C=C/C(N)=O)c(Cl)c1. The second-order valence-corrected chi connectivity index (χ2v) is 3.35. The van der Waals surface area contributed by atoms with Gasteiger partial charge in [0.05, 0.1) is 12.1 Å². The number of nitrogens with two attached hydrogens (primary N) is 1. The first-order valence-corrected chi connectivity index (χ1v) is 4.77. The van der Waals surface area contributed by atoms with Gasteiger partial charge in [-0.1, -0.05) is 11.6 Å². The number of carbonyl (C=O) groups excluding carboxylic acids is 2. The Morgan fingerprint density at radius 2 is 2.06 bits per heavy atom. The normalized spacial score (nSPS) is 10.4. The van der Waals surface area contributed by atoms with E-state index in [1.165, 1.54) is 19.2 Å². The molecule has 0 saturated carbocycles. The number of amides is 1. The van der Waals surface area contributed by atoms with E-state index < -0.39 is 5.91 Å². The summed E-state index contributed by atoms with van der Waals surface area (Å²) in [5.74, 6) is -0.509. The summed E-state index contributed by atoms with van der Waals surface area (Å²) in [6.45, 7) is 0. The third-order valence-electron chi connectivity index (χ3n) is 1.84. The number of hydrogen-bond acceptors (Lipinski definition) is 3. The van der Waals surface area contributed by atoms with Crippen LogP contribution >= 0.6 is 11.6 Å². The standard InChI is InChI=1S/C11H10ClNO3/c1-16-7-2-3-8(9(12)6-7)10(14)4-5-11(13)15/h2-6H,1H3,(H2,13,15)/b5-4+. The largest absolute Gasteiger partial charge is 0.497 e. The molecule has 84 valence electrons. The predicted molar refractivity (Wildman–Crippen MR) is 60.7 cm³/mol. The minimum atomic E-state index is -0.682. The van der Waals surface area contributed by atoms with E-state index >= 15 is 0 Å². The smallest absolute Gasteiger partial charge is 0.241 e. The highest BCUT2D eigenvalue weighted by atomic mass is 35.5. The Bertz CT molecular complexity index is 455. The summed E-state index contributed by atoms with van der Waals surface area (Å²) in [5.41, 5.74) is 5.16. The molecule has 1 amide bonds. The second-order valence-electron chi connectivity index (χ2n) is 2.95. The van der Waals surface area contributed by atoms with Crippen LogP contribution in [0.5, 0.6) is 5.75 Å².